The monoisotopic (exact) mass is 370 g/mol. The molecule has 2 fully saturated rings. The van der Waals surface area contributed by atoms with Gasteiger partial charge in [0.1, 0.15) is 0 Å². The zero-order chi connectivity index (χ0) is 18.5. The van der Waals surface area contributed by atoms with Crippen LogP contribution in [0.4, 0.5) is 11.4 Å². The van der Waals surface area contributed by atoms with Crippen molar-refractivity contribution in [2.24, 2.45) is 5.92 Å². The fourth-order valence-electron chi connectivity index (χ4n) is 5.84. The Bertz CT molecular complexity index is 966. The van der Waals surface area contributed by atoms with Crippen LogP contribution in [0.15, 0.2) is 60.9 Å². The first-order valence-electron chi connectivity index (χ1n) is 10.6. The summed E-state index contributed by atoms with van der Waals surface area (Å²) >= 11 is 0. The molecule has 3 aliphatic rings. The Labute approximate surface area is 166 Å². The Morgan fingerprint density at radius 3 is 2.82 bits per heavy atom. The van der Waals surface area contributed by atoms with E-state index in [1.807, 2.05) is 12.4 Å². The first kappa shape index (κ1) is 16.2. The molecule has 3 aromatic rings. The summed E-state index contributed by atoms with van der Waals surface area (Å²) in [7, 11) is 0. The molecule has 3 aliphatic heterocycles. The first-order chi connectivity index (χ1) is 13.9. The Morgan fingerprint density at radius 2 is 1.96 bits per heavy atom. The smallest absolute Gasteiger partial charge is 0.0565 e. The molecule has 1 aromatic heterocycles. The number of anilines is 2. The number of hydrogen-bond donors (Lipinski definition) is 1. The van der Waals surface area contributed by atoms with Gasteiger partial charge in [-0.2, -0.15) is 5.10 Å². The van der Waals surface area contributed by atoms with Crippen LogP contribution in [0.2, 0.25) is 0 Å². The van der Waals surface area contributed by atoms with Crippen molar-refractivity contribution in [3.63, 3.8) is 0 Å². The van der Waals surface area contributed by atoms with E-state index in [2.05, 4.69) is 68.5 Å². The van der Waals surface area contributed by atoms with Gasteiger partial charge in [0, 0.05) is 48.3 Å². The lowest BCUT2D eigenvalue weighted by molar-refractivity contribution is 0.409. The summed E-state index contributed by atoms with van der Waals surface area (Å²) < 4.78 is 0. The van der Waals surface area contributed by atoms with E-state index in [0.717, 1.165) is 24.9 Å². The molecule has 4 heteroatoms. The van der Waals surface area contributed by atoms with Crippen molar-refractivity contribution in [2.75, 3.05) is 22.9 Å². The number of nitrogens with zero attached hydrogens (tertiary/aromatic N) is 3. The number of nitrogens with one attached hydrogen (secondary N) is 1. The van der Waals surface area contributed by atoms with Crippen LogP contribution < -0.4 is 9.80 Å². The largest absolute Gasteiger partial charge is 0.371 e. The molecule has 3 atom stereocenters. The number of hydrogen-bond acceptors (Lipinski definition) is 3. The number of benzene rings is 2. The van der Waals surface area contributed by atoms with Crippen LogP contribution in [-0.2, 0) is 6.42 Å². The van der Waals surface area contributed by atoms with Crippen LogP contribution >= 0.6 is 0 Å². The van der Waals surface area contributed by atoms with E-state index in [1.54, 1.807) is 0 Å². The minimum absolute atomic E-state index is 0.710. The normalized spacial score (nSPS) is 25.5. The predicted molar refractivity (Wildman–Crippen MR) is 114 cm³/mol. The second-order valence-corrected chi connectivity index (χ2v) is 8.56. The van der Waals surface area contributed by atoms with Crippen molar-refractivity contribution in [3.8, 4) is 11.1 Å². The van der Waals surface area contributed by atoms with Crippen LogP contribution in [-0.4, -0.2) is 35.4 Å². The fourth-order valence-corrected chi connectivity index (χ4v) is 5.84. The molecule has 2 bridgehead atoms. The van der Waals surface area contributed by atoms with Gasteiger partial charge in [0.2, 0.25) is 0 Å². The molecule has 0 saturated carbocycles. The van der Waals surface area contributed by atoms with Crippen molar-refractivity contribution in [1.29, 1.82) is 0 Å². The van der Waals surface area contributed by atoms with Gasteiger partial charge in [-0.05, 0) is 67.0 Å². The maximum absolute atomic E-state index is 4.09. The number of aromatic nitrogens is 2. The molecule has 3 unspecified atom stereocenters. The molecule has 2 saturated heterocycles. The molecule has 1 N–H and O–H groups in total. The minimum Gasteiger partial charge on any atom is -0.371 e. The van der Waals surface area contributed by atoms with Crippen molar-refractivity contribution in [1.82, 2.24) is 10.2 Å². The summed E-state index contributed by atoms with van der Waals surface area (Å²) in [4.78, 5) is 5.37. The number of para-hydroxylation sites is 1. The SMILES string of the molecule is c1ccc(N2C3CCC2C(CN2CCc4cc(-c5cn[nH]c5)ccc42)C3)cc1. The Hall–Kier alpha value is -2.75. The fraction of sp³-hybridized carbons (Fsp3) is 0.375. The van der Waals surface area contributed by atoms with Crippen LogP contribution in [0.5, 0.6) is 0 Å². The van der Waals surface area contributed by atoms with Crippen molar-refractivity contribution < 1.29 is 0 Å². The third-order valence-electron chi connectivity index (χ3n) is 7.08. The van der Waals surface area contributed by atoms with Gasteiger partial charge in [0.05, 0.1) is 6.20 Å². The van der Waals surface area contributed by atoms with Gasteiger partial charge >= 0.3 is 0 Å². The average Bonchev–Trinajstić information content (AvgIpc) is 3.52. The van der Waals surface area contributed by atoms with Crippen molar-refractivity contribution in [2.45, 2.75) is 37.8 Å². The summed E-state index contributed by atoms with van der Waals surface area (Å²) in [5.74, 6) is 0.776. The van der Waals surface area contributed by atoms with Crippen molar-refractivity contribution in [3.05, 3.63) is 66.5 Å². The molecular weight excluding hydrogens is 344 g/mol. The molecule has 0 spiro atoms. The summed E-state index contributed by atoms with van der Waals surface area (Å²) in [6, 6.07) is 19.4. The van der Waals surface area contributed by atoms with Crippen LogP contribution in [0.25, 0.3) is 11.1 Å². The highest BCUT2D eigenvalue weighted by Crippen LogP contribution is 2.45. The van der Waals surface area contributed by atoms with Gasteiger partial charge in [0.25, 0.3) is 0 Å². The molecule has 0 aliphatic carbocycles. The second-order valence-electron chi connectivity index (χ2n) is 8.56. The predicted octanol–water partition coefficient (Wildman–Crippen LogP) is 4.50. The Balaban J connectivity index is 1.21. The van der Waals surface area contributed by atoms with Crippen molar-refractivity contribution >= 4 is 11.4 Å². The van der Waals surface area contributed by atoms with Gasteiger partial charge in [-0.15, -0.1) is 0 Å². The maximum atomic E-state index is 4.09. The molecule has 0 amide bonds. The van der Waals surface area contributed by atoms with Gasteiger partial charge < -0.3 is 9.80 Å². The van der Waals surface area contributed by atoms with E-state index in [0.29, 0.717) is 6.04 Å². The third kappa shape index (κ3) is 2.55. The zero-order valence-corrected chi connectivity index (χ0v) is 16.1. The highest BCUT2D eigenvalue weighted by atomic mass is 15.3. The number of H-pyrrole nitrogens is 1. The van der Waals surface area contributed by atoms with Crippen LogP contribution in [0, 0.1) is 5.92 Å². The minimum atomic E-state index is 0.710. The van der Waals surface area contributed by atoms with Gasteiger partial charge in [-0.25, -0.2) is 0 Å². The number of fused-ring (bicyclic) bond motifs is 3. The zero-order valence-electron chi connectivity index (χ0n) is 16.1. The lowest BCUT2D eigenvalue weighted by Crippen LogP contribution is -2.36. The van der Waals surface area contributed by atoms with Crippen LogP contribution in [0.3, 0.4) is 0 Å². The van der Waals surface area contributed by atoms with E-state index in [1.165, 1.54) is 53.9 Å². The molecule has 6 rings (SSSR count). The van der Waals surface area contributed by atoms with E-state index >= 15 is 0 Å². The average molecular weight is 371 g/mol. The number of rotatable bonds is 4. The van der Waals surface area contributed by atoms with E-state index in [-0.39, 0.29) is 0 Å². The first-order valence-corrected chi connectivity index (χ1v) is 10.6. The highest BCUT2D eigenvalue weighted by Gasteiger charge is 2.46. The molecule has 142 valence electrons. The Morgan fingerprint density at radius 1 is 1.04 bits per heavy atom. The number of aromatic amines is 1. The third-order valence-corrected chi connectivity index (χ3v) is 7.08. The summed E-state index contributed by atoms with van der Waals surface area (Å²) in [6.45, 7) is 2.35. The summed E-state index contributed by atoms with van der Waals surface area (Å²) in [5.41, 5.74) is 6.80. The molecule has 4 heterocycles. The summed E-state index contributed by atoms with van der Waals surface area (Å²) in [6.07, 6.45) is 9.09. The molecule has 28 heavy (non-hydrogen) atoms. The second kappa shape index (κ2) is 6.40. The van der Waals surface area contributed by atoms with E-state index < -0.39 is 0 Å². The highest BCUT2D eigenvalue weighted by molar-refractivity contribution is 5.70. The lowest BCUT2D eigenvalue weighted by atomic mass is 9.89. The molecule has 0 radical (unpaired) electrons. The molecular formula is C24H26N4. The van der Waals surface area contributed by atoms with E-state index in [9.17, 15) is 0 Å². The standard InChI is InChI=1S/C24H26N4/c1-2-4-21(5-3-1)28-22-7-9-24(28)19(13-22)16-27-11-10-18-12-17(6-8-23(18)27)20-14-25-26-15-20/h1-6,8,12,14-15,19,22,24H,7,9-11,13,16H2,(H,25,26). The van der Waals surface area contributed by atoms with Gasteiger partial charge in [0.15, 0.2) is 0 Å². The molecule has 2 aromatic carbocycles. The van der Waals surface area contributed by atoms with E-state index in [4.69, 9.17) is 0 Å². The quantitative estimate of drug-likeness (QED) is 0.735. The van der Waals surface area contributed by atoms with Gasteiger partial charge in [-0.1, -0.05) is 24.3 Å². The Kier molecular flexibility index (Phi) is 3.71. The topological polar surface area (TPSA) is 35.2 Å². The maximum Gasteiger partial charge on any atom is 0.0565 e. The van der Waals surface area contributed by atoms with Gasteiger partial charge in [-0.3, -0.25) is 5.10 Å². The summed E-state index contributed by atoms with van der Waals surface area (Å²) in [5, 5.41) is 7.01. The molecule has 4 nitrogen and oxygen atoms in total. The lowest BCUT2D eigenvalue weighted by Gasteiger charge is -2.30. The van der Waals surface area contributed by atoms with Crippen LogP contribution in [0.1, 0.15) is 24.8 Å².